The molecule has 1 aliphatic carbocycles. The summed E-state index contributed by atoms with van der Waals surface area (Å²) >= 11 is 0. The van der Waals surface area contributed by atoms with Crippen molar-refractivity contribution in [3.05, 3.63) is 35.4 Å². The van der Waals surface area contributed by atoms with Crippen LogP contribution >= 0.6 is 0 Å². The highest BCUT2D eigenvalue weighted by Crippen LogP contribution is 2.45. The van der Waals surface area contributed by atoms with Crippen LogP contribution in [-0.4, -0.2) is 10.7 Å². The molecule has 1 saturated carbocycles. The van der Waals surface area contributed by atoms with E-state index >= 15 is 0 Å². The number of fused-ring (bicyclic) bond motifs is 1. The van der Waals surface area contributed by atoms with E-state index in [-0.39, 0.29) is 6.04 Å². The number of benzene rings is 1. The first kappa shape index (κ1) is 10.3. The third-order valence-electron chi connectivity index (χ3n) is 4.17. The minimum atomic E-state index is -0.522. The van der Waals surface area contributed by atoms with Gasteiger partial charge in [0.25, 0.3) is 0 Å². The van der Waals surface area contributed by atoms with Crippen molar-refractivity contribution in [1.82, 2.24) is 5.32 Å². The average molecular weight is 217 g/mol. The molecule has 3 rings (SSSR count). The molecule has 1 aromatic carbocycles. The van der Waals surface area contributed by atoms with Gasteiger partial charge in [-0.15, -0.1) is 0 Å². The Balaban J connectivity index is 1.93. The van der Waals surface area contributed by atoms with Crippen LogP contribution in [0.15, 0.2) is 24.3 Å². The first-order valence-corrected chi connectivity index (χ1v) is 6.23. The molecule has 2 N–H and O–H groups in total. The van der Waals surface area contributed by atoms with Crippen molar-refractivity contribution < 1.29 is 5.11 Å². The van der Waals surface area contributed by atoms with Crippen LogP contribution in [0, 0.1) is 5.92 Å². The van der Waals surface area contributed by atoms with Gasteiger partial charge in [-0.3, -0.25) is 0 Å². The van der Waals surface area contributed by atoms with Crippen molar-refractivity contribution in [2.24, 2.45) is 5.92 Å². The van der Waals surface area contributed by atoms with Crippen LogP contribution < -0.4 is 5.32 Å². The van der Waals surface area contributed by atoms with Crippen LogP contribution in [-0.2, 0) is 6.54 Å². The van der Waals surface area contributed by atoms with Gasteiger partial charge in [0.05, 0.1) is 11.6 Å². The Morgan fingerprint density at radius 3 is 2.94 bits per heavy atom. The summed E-state index contributed by atoms with van der Waals surface area (Å²) in [6.07, 6.45) is 3.01. The zero-order valence-corrected chi connectivity index (χ0v) is 9.74. The predicted octanol–water partition coefficient (Wildman–Crippen LogP) is 2.38. The lowest BCUT2D eigenvalue weighted by Crippen LogP contribution is -2.38. The maximum Gasteiger partial charge on any atom is 0.0844 e. The molecule has 1 heterocycles. The highest BCUT2D eigenvalue weighted by molar-refractivity contribution is 5.36. The van der Waals surface area contributed by atoms with Crippen molar-refractivity contribution in [3.8, 4) is 0 Å². The van der Waals surface area contributed by atoms with Crippen LogP contribution in [0.1, 0.15) is 43.4 Å². The zero-order chi connectivity index (χ0) is 11.2. The number of rotatable bonds is 1. The number of nitrogens with one attached hydrogen (secondary N) is 1. The van der Waals surface area contributed by atoms with E-state index in [4.69, 9.17) is 0 Å². The fourth-order valence-corrected chi connectivity index (χ4v) is 3.34. The second-order valence-corrected chi connectivity index (χ2v) is 5.46. The Labute approximate surface area is 96.7 Å². The van der Waals surface area contributed by atoms with E-state index in [9.17, 15) is 5.11 Å². The third kappa shape index (κ3) is 1.48. The van der Waals surface area contributed by atoms with Gasteiger partial charge >= 0.3 is 0 Å². The topological polar surface area (TPSA) is 32.3 Å². The Morgan fingerprint density at radius 2 is 2.19 bits per heavy atom. The lowest BCUT2D eigenvalue weighted by atomic mass is 9.87. The monoisotopic (exact) mass is 217 g/mol. The first-order valence-electron chi connectivity index (χ1n) is 6.23. The van der Waals surface area contributed by atoms with E-state index in [1.165, 1.54) is 11.1 Å². The molecular weight excluding hydrogens is 198 g/mol. The van der Waals surface area contributed by atoms with Gasteiger partial charge < -0.3 is 10.4 Å². The molecule has 0 spiro atoms. The SMILES string of the molecule is CC1CCC(O)(C2NCc3ccccc32)C1. The van der Waals surface area contributed by atoms with Gasteiger partial charge in [-0.2, -0.15) is 0 Å². The zero-order valence-electron chi connectivity index (χ0n) is 9.74. The van der Waals surface area contributed by atoms with Gasteiger partial charge in [-0.25, -0.2) is 0 Å². The number of hydrogen-bond donors (Lipinski definition) is 2. The summed E-state index contributed by atoms with van der Waals surface area (Å²) in [5.41, 5.74) is 2.13. The molecule has 0 saturated heterocycles. The molecule has 0 bridgehead atoms. The van der Waals surface area contributed by atoms with E-state index in [0.29, 0.717) is 5.92 Å². The summed E-state index contributed by atoms with van der Waals surface area (Å²) in [6, 6.07) is 8.60. The van der Waals surface area contributed by atoms with E-state index in [2.05, 4.69) is 36.5 Å². The molecule has 16 heavy (non-hydrogen) atoms. The molecule has 2 nitrogen and oxygen atoms in total. The summed E-state index contributed by atoms with van der Waals surface area (Å²) in [7, 11) is 0. The summed E-state index contributed by atoms with van der Waals surface area (Å²) in [5.74, 6) is 0.652. The van der Waals surface area contributed by atoms with Crippen molar-refractivity contribution in [2.75, 3.05) is 0 Å². The molecule has 1 fully saturated rings. The van der Waals surface area contributed by atoms with E-state index in [1.54, 1.807) is 0 Å². The van der Waals surface area contributed by atoms with Crippen LogP contribution in [0.4, 0.5) is 0 Å². The maximum absolute atomic E-state index is 10.7. The van der Waals surface area contributed by atoms with Crippen molar-refractivity contribution in [2.45, 2.75) is 44.4 Å². The third-order valence-corrected chi connectivity index (χ3v) is 4.17. The second-order valence-electron chi connectivity index (χ2n) is 5.46. The fourth-order valence-electron chi connectivity index (χ4n) is 3.34. The molecule has 0 radical (unpaired) electrons. The fraction of sp³-hybridized carbons (Fsp3) is 0.571. The average Bonchev–Trinajstić information content (AvgIpc) is 2.83. The van der Waals surface area contributed by atoms with Crippen LogP contribution in [0.3, 0.4) is 0 Å². The van der Waals surface area contributed by atoms with Gasteiger partial charge in [0.2, 0.25) is 0 Å². The summed E-state index contributed by atoms with van der Waals surface area (Å²) < 4.78 is 0. The molecule has 86 valence electrons. The molecule has 1 aromatic rings. The standard InChI is InChI=1S/C14H19NO/c1-10-6-7-14(16,8-10)13-12-5-3-2-4-11(12)9-15-13/h2-5,10,13,15-16H,6-9H2,1H3. The van der Waals surface area contributed by atoms with Crippen LogP contribution in [0.2, 0.25) is 0 Å². The lowest BCUT2D eigenvalue weighted by molar-refractivity contribution is 0.00726. The Hall–Kier alpha value is -0.860. The van der Waals surface area contributed by atoms with Gasteiger partial charge in [0, 0.05) is 6.54 Å². The maximum atomic E-state index is 10.7. The molecule has 3 atom stereocenters. The van der Waals surface area contributed by atoms with Gasteiger partial charge in [0.15, 0.2) is 0 Å². The van der Waals surface area contributed by atoms with Crippen molar-refractivity contribution in [1.29, 1.82) is 0 Å². The smallest absolute Gasteiger partial charge is 0.0844 e. The normalized spacial score (nSPS) is 37.6. The van der Waals surface area contributed by atoms with Gasteiger partial charge in [-0.05, 0) is 36.3 Å². The number of hydrogen-bond acceptors (Lipinski definition) is 2. The second kappa shape index (κ2) is 3.57. The van der Waals surface area contributed by atoms with Gasteiger partial charge in [-0.1, -0.05) is 31.2 Å². The molecule has 0 amide bonds. The predicted molar refractivity (Wildman–Crippen MR) is 64.0 cm³/mol. The molecular formula is C14H19NO. The summed E-state index contributed by atoms with van der Waals surface area (Å²) in [5, 5.41) is 14.2. The molecule has 3 unspecified atom stereocenters. The van der Waals surface area contributed by atoms with Gasteiger partial charge in [0.1, 0.15) is 0 Å². The highest BCUT2D eigenvalue weighted by atomic mass is 16.3. The Morgan fingerprint density at radius 1 is 1.38 bits per heavy atom. The number of aliphatic hydroxyl groups is 1. The molecule has 2 aliphatic rings. The largest absolute Gasteiger partial charge is 0.388 e. The van der Waals surface area contributed by atoms with E-state index in [0.717, 1.165) is 25.8 Å². The summed E-state index contributed by atoms with van der Waals surface area (Å²) in [6.45, 7) is 3.14. The molecule has 2 heteroatoms. The quantitative estimate of drug-likeness (QED) is 0.757. The Bertz CT molecular complexity index is 403. The van der Waals surface area contributed by atoms with Crippen LogP contribution in [0.25, 0.3) is 0 Å². The summed E-state index contributed by atoms with van der Waals surface area (Å²) in [4.78, 5) is 0. The minimum absolute atomic E-state index is 0.147. The van der Waals surface area contributed by atoms with Crippen molar-refractivity contribution >= 4 is 0 Å². The molecule has 1 aliphatic heterocycles. The van der Waals surface area contributed by atoms with Crippen LogP contribution in [0.5, 0.6) is 0 Å². The molecule has 0 aromatic heterocycles. The van der Waals surface area contributed by atoms with Crippen molar-refractivity contribution in [3.63, 3.8) is 0 Å². The first-order chi connectivity index (χ1) is 7.69. The Kier molecular flexibility index (Phi) is 2.30. The highest BCUT2D eigenvalue weighted by Gasteiger charge is 2.45. The lowest BCUT2D eigenvalue weighted by Gasteiger charge is -2.30. The minimum Gasteiger partial charge on any atom is -0.388 e. The van der Waals surface area contributed by atoms with E-state index in [1.807, 2.05) is 0 Å². The van der Waals surface area contributed by atoms with E-state index < -0.39 is 5.60 Å².